The third-order valence-electron chi connectivity index (χ3n) is 3.05. The molecule has 1 rings (SSSR count). The summed E-state index contributed by atoms with van der Waals surface area (Å²) in [6, 6.07) is 7.57. The third kappa shape index (κ3) is 5.01. The van der Waals surface area contributed by atoms with E-state index in [2.05, 4.69) is 18.7 Å². The van der Waals surface area contributed by atoms with E-state index in [4.69, 9.17) is 9.47 Å². The van der Waals surface area contributed by atoms with Crippen LogP contribution in [0.3, 0.4) is 0 Å². The van der Waals surface area contributed by atoms with Crippen molar-refractivity contribution in [3.8, 4) is 5.75 Å². The number of carbonyl (C=O) groups is 1. The van der Waals surface area contributed by atoms with E-state index < -0.39 is 0 Å². The Labute approximate surface area is 115 Å². The summed E-state index contributed by atoms with van der Waals surface area (Å²) in [6.07, 6.45) is 0. The van der Waals surface area contributed by atoms with Gasteiger partial charge in [0.05, 0.1) is 20.3 Å². The molecule has 4 nitrogen and oxygen atoms in total. The molecule has 106 valence electrons. The van der Waals surface area contributed by atoms with Crippen LogP contribution >= 0.6 is 0 Å². The van der Waals surface area contributed by atoms with Crippen molar-refractivity contribution in [1.29, 1.82) is 0 Å². The molecule has 1 aromatic rings. The maximum atomic E-state index is 12.3. The molecule has 0 aliphatic heterocycles. The molecule has 0 saturated carbocycles. The van der Waals surface area contributed by atoms with E-state index in [0.29, 0.717) is 30.5 Å². The molecule has 0 N–H and O–H groups in total. The number of benzene rings is 1. The molecule has 19 heavy (non-hydrogen) atoms. The van der Waals surface area contributed by atoms with Gasteiger partial charge < -0.3 is 9.47 Å². The Hall–Kier alpha value is -1.39. The normalized spacial score (nSPS) is 11.1. The van der Waals surface area contributed by atoms with Crippen LogP contribution in [-0.2, 0) is 4.74 Å². The van der Waals surface area contributed by atoms with E-state index in [1.165, 1.54) is 0 Å². The Morgan fingerprint density at radius 1 is 1.32 bits per heavy atom. The number of nitrogens with zero attached hydrogens (tertiary/aromatic N) is 1. The first-order chi connectivity index (χ1) is 9.08. The predicted octanol–water partition coefficient (Wildman–Crippen LogP) is 2.23. The van der Waals surface area contributed by atoms with Gasteiger partial charge in [-0.1, -0.05) is 12.1 Å². The van der Waals surface area contributed by atoms with Crippen LogP contribution < -0.4 is 4.74 Å². The van der Waals surface area contributed by atoms with Crippen molar-refractivity contribution in [1.82, 2.24) is 4.90 Å². The van der Waals surface area contributed by atoms with Gasteiger partial charge in [0, 0.05) is 25.3 Å². The summed E-state index contributed by atoms with van der Waals surface area (Å²) in [6.45, 7) is 5.94. The molecular formula is C15H23NO3. The molecule has 0 aliphatic carbocycles. The first-order valence-corrected chi connectivity index (χ1v) is 6.48. The fourth-order valence-corrected chi connectivity index (χ4v) is 1.80. The lowest BCUT2D eigenvalue weighted by atomic mass is 10.1. The minimum absolute atomic E-state index is 0.101. The van der Waals surface area contributed by atoms with Gasteiger partial charge >= 0.3 is 0 Å². The van der Waals surface area contributed by atoms with Crippen LogP contribution in [0, 0.1) is 0 Å². The summed E-state index contributed by atoms with van der Waals surface area (Å²) in [4.78, 5) is 14.4. The number of carbonyl (C=O) groups excluding carboxylic acids is 1. The average Bonchev–Trinajstić information content (AvgIpc) is 2.42. The summed E-state index contributed by atoms with van der Waals surface area (Å²) in [5.74, 6) is 0.808. The number of methoxy groups -OCH3 is 2. The van der Waals surface area contributed by atoms with Gasteiger partial charge in [-0.15, -0.1) is 0 Å². The number of rotatable bonds is 8. The zero-order chi connectivity index (χ0) is 14.3. The summed E-state index contributed by atoms with van der Waals surface area (Å²) >= 11 is 0. The lowest BCUT2D eigenvalue weighted by Gasteiger charge is -2.25. The minimum atomic E-state index is 0.101. The zero-order valence-electron chi connectivity index (χ0n) is 12.2. The molecule has 0 amide bonds. The van der Waals surface area contributed by atoms with Crippen molar-refractivity contribution in [2.24, 2.45) is 0 Å². The van der Waals surface area contributed by atoms with E-state index in [1.807, 2.05) is 18.2 Å². The maximum Gasteiger partial charge on any atom is 0.176 e. The summed E-state index contributed by atoms with van der Waals surface area (Å²) in [7, 11) is 3.27. The van der Waals surface area contributed by atoms with Crippen LogP contribution in [0.4, 0.5) is 0 Å². The van der Waals surface area contributed by atoms with Gasteiger partial charge in [-0.3, -0.25) is 9.69 Å². The van der Waals surface area contributed by atoms with Crippen LogP contribution in [0.2, 0.25) is 0 Å². The number of hydrogen-bond donors (Lipinski definition) is 0. The maximum absolute atomic E-state index is 12.3. The Morgan fingerprint density at radius 2 is 2.05 bits per heavy atom. The molecule has 0 fully saturated rings. The number of hydrogen-bond acceptors (Lipinski definition) is 4. The molecule has 0 bridgehead atoms. The standard InChI is InChI=1S/C15H23NO3/c1-12(2)16(8-9-18-3)11-15(17)13-6-5-7-14(10-13)19-4/h5-7,10,12H,8-9,11H2,1-4H3. The Kier molecular flexibility index (Phi) is 6.53. The SMILES string of the molecule is COCCN(CC(=O)c1cccc(OC)c1)C(C)C. The minimum Gasteiger partial charge on any atom is -0.497 e. The number of Topliss-reactive ketones (excluding diaryl/α,β-unsaturated/α-hetero) is 1. The second-order valence-corrected chi connectivity index (χ2v) is 4.71. The van der Waals surface area contributed by atoms with Crippen molar-refractivity contribution in [3.05, 3.63) is 29.8 Å². The highest BCUT2D eigenvalue weighted by Crippen LogP contribution is 2.13. The van der Waals surface area contributed by atoms with Crippen molar-refractivity contribution < 1.29 is 14.3 Å². The molecule has 0 unspecified atom stereocenters. The molecule has 4 heteroatoms. The average molecular weight is 265 g/mol. The highest BCUT2D eigenvalue weighted by Gasteiger charge is 2.15. The van der Waals surface area contributed by atoms with E-state index in [0.717, 1.165) is 6.54 Å². The fourth-order valence-electron chi connectivity index (χ4n) is 1.80. The van der Waals surface area contributed by atoms with Gasteiger partial charge in [0.15, 0.2) is 5.78 Å². The fraction of sp³-hybridized carbons (Fsp3) is 0.533. The first-order valence-electron chi connectivity index (χ1n) is 6.48. The Morgan fingerprint density at radius 3 is 2.63 bits per heavy atom. The molecule has 0 heterocycles. The van der Waals surface area contributed by atoms with Gasteiger partial charge in [0.25, 0.3) is 0 Å². The molecular weight excluding hydrogens is 242 g/mol. The number of ketones is 1. The van der Waals surface area contributed by atoms with E-state index in [-0.39, 0.29) is 5.78 Å². The zero-order valence-corrected chi connectivity index (χ0v) is 12.2. The van der Waals surface area contributed by atoms with E-state index in [9.17, 15) is 4.79 Å². The van der Waals surface area contributed by atoms with E-state index >= 15 is 0 Å². The molecule has 0 spiro atoms. The quantitative estimate of drug-likeness (QED) is 0.676. The van der Waals surface area contributed by atoms with Gasteiger partial charge in [-0.25, -0.2) is 0 Å². The Bertz CT molecular complexity index is 404. The molecule has 0 aromatic heterocycles. The molecule has 0 atom stereocenters. The van der Waals surface area contributed by atoms with Gasteiger partial charge in [0.2, 0.25) is 0 Å². The molecule has 0 saturated heterocycles. The summed E-state index contributed by atoms with van der Waals surface area (Å²) in [5.41, 5.74) is 0.683. The van der Waals surface area contributed by atoms with Gasteiger partial charge in [0.1, 0.15) is 5.75 Å². The van der Waals surface area contributed by atoms with Crippen molar-refractivity contribution in [3.63, 3.8) is 0 Å². The van der Waals surface area contributed by atoms with E-state index in [1.54, 1.807) is 20.3 Å². The van der Waals surface area contributed by atoms with Crippen molar-refractivity contribution in [2.75, 3.05) is 33.9 Å². The topological polar surface area (TPSA) is 38.8 Å². The lowest BCUT2D eigenvalue weighted by Crippen LogP contribution is -2.38. The van der Waals surface area contributed by atoms with Gasteiger partial charge in [-0.2, -0.15) is 0 Å². The highest BCUT2D eigenvalue weighted by molar-refractivity contribution is 5.97. The molecule has 0 radical (unpaired) electrons. The highest BCUT2D eigenvalue weighted by atomic mass is 16.5. The second kappa shape index (κ2) is 7.92. The van der Waals surface area contributed by atoms with Crippen molar-refractivity contribution >= 4 is 5.78 Å². The monoisotopic (exact) mass is 265 g/mol. The van der Waals surface area contributed by atoms with Crippen molar-refractivity contribution in [2.45, 2.75) is 19.9 Å². The largest absolute Gasteiger partial charge is 0.497 e. The molecule has 0 aliphatic rings. The third-order valence-corrected chi connectivity index (χ3v) is 3.05. The summed E-state index contributed by atoms with van der Waals surface area (Å²) in [5, 5.41) is 0. The van der Waals surface area contributed by atoms with Gasteiger partial charge in [-0.05, 0) is 26.0 Å². The van der Waals surface area contributed by atoms with Crippen LogP contribution in [-0.4, -0.2) is 50.6 Å². The first kappa shape index (κ1) is 15.7. The van der Waals surface area contributed by atoms with Crippen LogP contribution in [0.25, 0.3) is 0 Å². The van der Waals surface area contributed by atoms with Crippen LogP contribution in [0.15, 0.2) is 24.3 Å². The number of ether oxygens (including phenoxy) is 2. The smallest absolute Gasteiger partial charge is 0.176 e. The Balaban J connectivity index is 2.69. The predicted molar refractivity (Wildman–Crippen MR) is 75.9 cm³/mol. The molecule has 1 aromatic carbocycles. The second-order valence-electron chi connectivity index (χ2n) is 4.71. The van der Waals surface area contributed by atoms with Crippen LogP contribution in [0.1, 0.15) is 24.2 Å². The van der Waals surface area contributed by atoms with Crippen LogP contribution in [0.5, 0.6) is 5.75 Å². The summed E-state index contributed by atoms with van der Waals surface area (Å²) < 4.78 is 10.2. The lowest BCUT2D eigenvalue weighted by molar-refractivity contribution is 0.0851.